The van der Waals surface area contributed by atoms with E-state index in [9.17, 15) is 0 Å². The van der Waals surface area contributed by atoms with Crippen molar-refractivity contribution in [3.8, 4) is 5.75 Å². The van der Waals surface area contributed by atoms with Crippen LogP contribution in [0.2, 0.25) is 0 Å². The summed E-state index contributed by atoms with van der Waals surface area (Å²) in [7, 11) is 0. The monoisotopic (exact) mass is 331 g/mol. The lowest BCUT2D eigenvalue weighted by molar-refractivity contribution is 0.306. The molecule has 0 bridgehead atoms. The molecular formula is C23H25NO. The number of nitrogens with one attached hydrogen (secondary N) is 1. The first kappa shape index (κ1) is 17.2. The number of hydrogen-bond donors (Lipinski definition) is 1. The summed E-state index contributed by atoms with van der Waals surface area (Å²) in [4.78, 5) is 0. The van der Waals surface area contributed by atoms with Crippen LogP contribution < -0.4 is 10.1 Å². The van der Waals surface area contributed by atoms with Crippen LogP contribution in [0.4, 0.5) is 0 Å². The van der Waals surface area contributed by atoms with Gasteiger partial charge in [0, 0.05) is 12.6 Å². The first-order valence-electron chi connectivity index (χ1n) is 8.76. The van der Waals surface area contributed by atoms with Crippen LogP contribution in [0.15, 0.2) is 78.9 Å². The van der Waals surface area contributed by atoms with Crippen molar-refractivity contribution in [2.75, 3.05) is 0 Å². The van der Waals surface area contributed by atoms with E-state index in [2.05, 4.69) is 79.8 Å². The van der Waals surface area contributed by atoms with Crippen molar-refractivity contribution < 1.29 is 4.74 Å². The molecule has 0 aliphatic rings. The molecular weight excluding hydrogens is 306 g/mol. The van der Waals surface area contributed by atoms with Gasteiger partial charge >= 0.3 is 0 Å². The Morgan fingerprint density at radius 1 is 0.840 bits per heavy atom. The molecule has 2 heteroatoms. The Morgan fingerprint density at radius 3 is 2.32 bits per heavy atom. The van der Waals surface area contributed by atoms with Crippen LogP contribution in [0.5, 0.6) is 5.75 Å². The molecule has 25 heavy (non-hydrogen) atoms. The fraction of sp³-hybridized carbons (Fsp3) is 0.217. The summed E-state index contributed by atoms with van der Waals surface area (Å²) in [6, 6.07) is 27.6. The van der Waals surface area contributed by atoms with Crippen molar-refractivity contribution in [3.63, 3.8) is 0 Å². The van der Waals surface area contributed by atoms with E-state index in [1.54, 1.807) is 0 Å². The van der Waals surface area contributed by atoms with Crippen molar-refractivity contribution >= 4 is 0 Å². The zero-order valence-corrected chi connectivity index (χ0v) is 14.9. The molecule has 0 unspecified atom stereocenters. The molecule has 128 valence electrons. The zero-order valence-electron chi connectivity index (χ0n) is 14.9. The van der Waals surface area contributed by atoms with E-state index >= 15 is 0 Å². The molecule has 3 aromatic rings. The predicted octanol–water partition coefficient (Wildman–Crippen LogP) is 5.42. The van der Waals surface area contributed by atoms with Crippen LogP contribution in [-0.2, 0) is 13.2 Å². The minimum Gasteiger partial charge on any atom is -0.489 e. The van der Waals surface area contributed by atoms with Crippen LogP contribution in [0.25, 0.3) is 0 Å². The minimum absolute atomic E-state index is 0.332. The SMILES string of the molecule is Cc1cccc(COc2ccc(CN[C@@H](C)c3ccccc3)cc2)c1. The zero-order chi connectivity index (χ0) is 17.5. The van der Waals surface area contributed by atoms with Gasteiger partial charge in [-0.2, -0.15) is 0 Å². The van der Waals surface area contributed by atoms with Crippen molar-refractivity contribution in [2.45, 2.75) is 33.0 Å². The lowest BCUT2D eigenvalue weighted by atomic mass is 10.1. The van der Waals surface area contributed by atoms with E-state index in [-0.39, 0.29) is 0 Å². The molecule has 0 radical (unpaired) electrons. The van der Waals surface area contributed by atoms with Gasteiger partial charge < -0.3 is 10.1 Å². The normalized spacial score (nSPS) is 11.9. The third-order valence-corrected chi connectivity index (χ3v) is 4.32. The number of aryl methyl sites for hydroxylation is 1. The van der Waals surface area contributed by atoms with Gasteiger partial charge in [-0.05, 0) is 42.7 Å². The molecule has 1 N–H and O–H groups in total. The summed E-state index contributed by atoms with van der Waals surface area (Å²) in [6.07, 6.45) is 0. The van der Waals surface area contributed by atoms with E-state index in [4.69, 9.17) is 4.74 Å². The van der Waals surface area contributed by atoms with Gasteiger partial charge in [-0.3, -0.25) is 0 Å². The van der Waals surface area contributed by atoms with Gasteiger partial charge in [0.05, 0.1) is 0 Å². The molecule has 0 spiro atoms. The van der Waals surface area contributed by atoms with Crippen LogP contribution in [0, 0.1) is 6.92 Å². The Bertz CT molecular complexity index is 781. The highest BCUT2D eigenvalue weighted by Crippen LogP contribution is 2.16. The van der Waals surface area contributed by atoms with Gasteiger partial charge in [0.1, 0.15) is 12.4 Å². The molecule has 0 heterocycles. The van der Waals surface area contributed by atoms with Crippen LogP contribution in [0.3, 0.4) is 0 Å². The summed E-state index contributed by atoms with van der Waals surface area (Å²) in [5.41, 5.74) is 5.02. The fourth-order valence-electron chi connectivity index (χ4n) is 2.80. The fourth-order valence-corrected chi connectivity index (χ4v) is 2.80. The highest BCUT2D eigenvalue weighted by molar-refractivity contribution is 5.28. The van der Waals surface area contributed by atoms with Crippen molar-refractivity contribution in [1.82, 2.24) is 5.32 Å². The summed E-state index contributed by atoms with van der Waals surface area (Å²) in [6.45, 7) is 5.73. The van der Waals surface area contributed by atoms with E-state index < -0.39 is 0 Å². The van der Waals surface area contributed by atoms with Crippen LogP contribution in [0.1, 0.15) is 35.2 Å². The average molecular weight is 331 g/mol. The van der Waals surface area contributed by atoms with Gasteiger partial charge in [-0.15, -0.1) is 0 Å². The number of hydrogen-bond acceptors (Lipinski definition) is 2. The highest BCUT2D eigenvalue weighted by Gasteiger charge is 2.04. The summed E-state index contributed by atoms with van der Waals surface area (Å²) >= 11 is 0. The van der Waals surface area contributed by atoms with Gasteiger partial charge in [-0.25, -0.2) is 0 Å². The molecule has 0 aromatic heterocycles. The predicted molar refractivity (Wildman–Crippen MR) is 104 cm³/mol. The van der Waals surface area contributed by atoms with Crippen LogP contribution in [-0.4, -0.2) is 0 Å². The van der Waals surface area contributed by atoms with Crippen LogP contribution >= 0.6 is 0 Å². The molecule has 0 saturated heterocycles. The Labute approximate surface area is 150 Å². The minimum atomic E-state index is 0.332. The van der Waals surface area contributed by atoms with Gasteiger partial charge in [0.15, 0.2) is 0 Å². The quantitative estimate of drug-likeness (QED) is 0.624. The first-order valence-corrected chi connectivity index (χ1v) is 8.76. The lowest BCUT2D eigenvalue weighted by Crippen LogP contribution is -2.17. The Morgan fingerprint density at radius 2 is 1.60 bits per heavy atom. The molecule has 3 rings (SSSR count). The third-order valence-electron chi connectivity index (χ3n) is 4.32. The second kappa shape index (κ2) is 8.50. The number of rotatable bonds is 7. The molecule has 3 aromatic carbocycles. The Hall–Kier alpha value is -2.58. The lowest BCUT2D eigenvalue weighted by Gasteiger charge is -2.14. The standard InChI is InChI=1S/C23H25NO/c1-18-7-6-8-21(15-18)17-25-23-13-11-20(12-14-23)16-24-19(2)22-9-4-3-5-10-22/h3-15,19,24H,16-17H2,1-2H3/t19-/m0/s1. The largest absolute Gasteiger partial charge is 0.489 e. The molecule has 1 atom stereocenters. The maximum Gasteiger partial charge on any atom is 0.119 e. The number of ether oxygens (including phenoxy) is 1. The molecule has 0 aliphatic heterocycles. The Kier molecular flexibility index (Phi) is 5.86. The molecule has 0 saturated carbocycles. The van der Waals surface area contributed by atoms with Crippen molar-refractivity contribution in [2.24, 2.45) is 0 Å². The summed E-state index contributed by atoms with van der Waals surface area (Å²) in [5, 5.41) is 3.56. The van der Waals surface area contributed by atoms with E-state index in [0.717, 1.165) is 12.3 Å². The third kappa shape index (κ3) is 5.20. The van der Waals surface area contributed by atoms with Crippen molar-refractivity contribution in [3.05, 3.63) is 101 Å². The molecule has 0 fully saturated rings. The second-order valence-corrected chi connectivity index (χ2v) is 6.43. The second-order valence-electron chi connectivity index (χ2n) is 6.43. The van der Waals surface area contributed by atoms with Crippen molar-refractivity contribution in [1.29, 1.82) is 0 Å². The highest BCUT2D eigenvalue weighted by atomic mass is 16.5. The smallest absolute Gasteiger partial charge is 0.119 e. The first-order chi connectivity index (χ1) is 12.2. The van der Waals surface area contributed by atoms with E-state index in [0.29, 0.717) is 12.6 Å². The van der Waals surface area contributed by atoms with Gasteiger partial charge in [-0.1, -0.05) is 72.3 Å². The molecule has 2 nitrogen and oxygen atoms in total. The van der Waals surface area contributed by atoms with E-state index in [1.165, 1.54) is 22.3 Å². The maximum atomic E-state index is 5.88. The summed E-state index contributed by atoms with van der Waals surface area (Å²) in [5.74, 6) is 0.904. The van der Waals surface area contributed by atoms with Gasteiger partial charge in [0.25, 0.3) is 0 Å². The van der Waals surface area contributed by atoms with E-state index in [1.807, 2.05) is 18.2 Å². The Balaban J connectivity index is 1.50. The maximum absolute atomic E-state index is 5.88. The summed E-state index contributed by atoms with van der Waals surface area (Å²) < 4.78 is 5.88. The topological polar surface area (TPSA) is 21.3 Å². The molecule has 0 aliphatic carbocycles. The number of benzene rings is 3. The van der Waals surface area contributed by atoms with Gasteiger partial charge in [0.2, 0.25) is 0 Å². The average Bonchev–Trinajstić information content (AvgIpc) is 2.66. The molecule has 0 amide bonds.